The van der Waals surface area contributed by atoms with Gasteiger partial charge in [0.05, 0.1) is 18.5 Å². The summed E-state index contributed by atoms with van der Waals surface area (Å²) < 4.78 is 5.28. The van der Waals surface area contributed by atoms with Crippen molar-refractivity contribution in [3.8, 4) is 5.75 Å². The van der Waals surface area contributed by atoms with E-state index in [0.717, 1.165) is 24.5 Å². The quantitative estimate of drug-likeness (QED) is 0.786. The van der Waals surface area contributed by atoms with Gasteiger partial charge >= 0.3 is 0 Å². The van der Waals surface area contributed by atoms with E-state index >= 15 is 0 Å². The van der Waals surface area contributed by atoms with Crippen molar-refractivity contribution in [2.24, 2.45) is 0 Å². The van der Waals surface area contributed by atoms with E-state index in [0.29, 0.717) is 11.7 Å². The molecule has 18 heavy (non-hydrogen) atoms. The van der Waals surface area contributed by atoms with E-state index in [2.05, 4.69) is 37.7 Å². The van der Waals surface area contributed by atoms with Crippen LogP contribution in [0.3, 0.4) is 0 Å². The van der Waals surface area contributed by atoms with Crippen LogP contribution in [0.4, 0.5) is 11.4 Å². The number of ether oxygens (including phenoxy) is 1. The summed E-state index contributed by atoms with van der Waals surface area (Å²) in [5.74, 6) is 0.739. The van der Waals surface area contributed by atoms with E-state index in [1.807, 2.05) is 18.2 Å². The number of hydrogen-bond donors (Lipinski definition) is 1. The number of nitrogen functional groups attached to an aromatic ring is 1. The van der Waals surface area contributed by atoms with E-state index in [4.69, 9.17) is 10.5 Å². The van der Waals surface area contributed by atoms with Crippen molar-refractivity contribution in [3.05, 3.63) is 18.2 Å². The first-order valence-electron chi connectivity index (χ1n) is 6.35. The molecule has 2 N–H and O–H groups in total. The van der Waals surface area contributed by atoms with Gasteiger partial charge in [0.2, 0.25) is 0 Å². The fourth-order valence-corrected chi connectivity index (χ4v) is 2.31. The molecule has 1 aromatic rings. The highest BCUT2D eigenvalue weighted by Gasteiger charge is 2.17. The largest absolute Gasteiger partial charge is 0.495 e. The SMILES string of the molecule is CCN(c1cccc(OC)c1N)C(C)CN(C)C. The molecule has 0 aliphatic rings. The van der Waals surface area contributed by atoms with Gasteiger partial charge in [-0.3, -0.25) is 0 Å². The van der Waals surface area contributed by atoms with Crippen molar-refractivity contribution in [2.45, 2.75) is 19.9 Å². The minimum absolute atomic E-state index is 0.402. The molecule has 4 nitrogen and oxygen atoms in total. The van der Waals surface area contributed by atoms with Gasteiger partial charge in [-0.25, -0.2) is 0 Å². The molecule has 0 spiro atoms. The van der Waals surface area contributed by atoms with Crippen LogP contribution < -0.4 is 15.4 Å². The lowest BCUT2D eigenvalue weighted by Gasteiger charge is -2.33. The number of para-hydroxylation sites is 1. The Morgan fingerprint density at radius 3 is 2.50 bits per heavy atom. The van der Waals surface area contributed by atoms with Crippen LogP contribution in [0.25, 0.3) is 0 Å². The first-order chi connectivity index (χ1) is 8.51. The van der Waals surface area contributed by atoms with Crippen LogP contribution in [0.15, 0.2) is 18.2 Å². The molecule has 1 atom stereocenters. The van der Waals surface area contributed by atoms with Crippen molar-refractivity contribution in [1.82, 2.24) is 4.90 Å². The number of anilines is 2. The Morgan fingerprint density at radius 1 is 1.33 bits per heavy atom. The summed E-state index contributed by atoms with van der Waals surface area (Å²) in [6.07, 6.45) is 0. The average molecular weight is 251 g/mol. The minimum atomic E-state index is 0.402. The van der Waals surface area contributed by atoms with Crippen LogP contribution in [-0.2, 0) is 0 Å². The Balaban J connectivity index is 3.01. The number of methoxy groups -OCH3 is 1. The third-order valence-electron chi connectivity index (χ3n) is 3.07. The van der Waals surface area contributed by atoms with Gasteiger partial charge in [0.15, 0.2) is 0 Å². The predicted molar refractivity (Wildman–Crippen MR) is 78.4 cm³/mol. The number of hydrogen-bond acceptors (Lipinski definition) is 4. The van der Waals surface area contributed by atoms with E-state index in [1.165, 1.54) is 0 Å². The van der Waals surface area contributed by atoms with Crippen molar-refractivity contribution in [1.29, 1.82) is 0 Å². The maximum Gasteiger partial charge on any atom is 0.143 e. The second kappa shape index (κ2) is 6.50. The van der Waals surface area contributed by atoms with Crippen LogP contribution in [0.1, 0.15) is 13.8 Å². The molecule has 1 unspecified atom stereocenters. The zero-order chi connectivity index (χ0) is 13.7. The van der Waals surface area contributed by atoms with Gasteiger partial charge in [-0.15, -0.1) is 0 Å². The molecule has 0 aromatic heterocycles. The lowest BCUT2D eigenvalue weighted by molar-refractivity contribution is 0.372. The van der Waals surface area contributed by atoms with Gasteiger partial charge < -0.3 is 20.3 Å². The zero-order valence-corrected chi connectivity index (χ0v) is 12.1. The standard InChI is InChI=1S/C14H25N3O/c1-6-17(11(2)10-16(3)4)12-8-7-9-13(18-5)14(12)15/h7-9,11H,6,10,15H2,1-5H3. The van der Waals surface area contributed by atoms with Gasteiger partial charge in [-0.05, 0) is 40.1 Å². The summed E-state index contributed by atoms with van der Waals surface area (Å²) in [6, 6.07) is 6.33. The molecule has 0 aliphatic heterocycles. The molecule has 4 heteroatoms. The number of likely N-dealkylation sites (N-methyl/N-ethyl adjacent to an activating group) is 2. The smallest absolute Gasteiger partial charge is 0.143 e. The molecule has 0 heterocycles. The Bertz CT molecular complexity index is 379. The lowest BCUT2D eigenvalue weighted by Crippen LogP contribution is -2.40. The van der Waals surface area contributed by atoms with Crippen LogP contribution in [0.5, 0.6) is 5.75 Å². The highest BCUT2D eigenvalue weighted by molar-refractivity contribution is 5.74. The predicted octanol–water partition coefficient (Wildman–Crippen LogP) is 2.05. The highest BCUT2D eigenvalue weighted by Crippen LogP contribution is 2.32. The molecular formula is C14H25N3O. The Morgan fingerprint density at radius 2 is 2.00 bits per heavy atom. The summed E-state index contributed by atoms with van der Waals surface area (Å²) in [7, 11) is 5.81. The number of nitrogens with zero attached hydrogens (tertiary/aromatic N) is 2. The van der Waals surface area contributed by atoms with Crippen molar-refractivity contribution >= 4 is 11.4 Å². The molecule has 1 rings (SSSR count). The summed E-state index contributed by atoms with van der Waals surface area (Å²) in [4.78, 5) is 4.49. The Labute approximate surface area is 110 Å². The van der Waals surface area contributed by atoms with E-state index in [-0.39, 0.29) is 0 Å². The number of nitrogens with two attached hydrogens (primary N) is 1. The number of rotatable bonds is 6. The van der Waals surface area contributed by atoms with Gasteiger partial charge in [-0.2, -0.15) is 0 Å². The fraction of sp³-hybridized carbons (Fsp3) is 0.571. The number of benzene rings is 1. The van der Waals surface area contributed by atoms with Crippen LogP contribution >= 0.6 is 0 Å². The minimum Gasteiger partial charge on any atom is -0.495 e. The monoisotopic (exact) mass is 251 g/mol. The van der Waals surface area contributed by atoms with Gasteiger partial charge in [0.1, 0.15) is 5.75 Å². The third kappa shape index (κ3) is 3.29. The van der Waals surface area contributed by atoms with Gasteiger partial charge in [0, 0.05) is 19.1 Å². The van der Waals surface area contributed by atoms with E-state index in [9.17, 15) is 0 Å². The van der Waals surface area contributed by atoms with Crippen LogP contribution in [-0.4, -0.2) is 45.2 Å². The zero-order valence-electron chi connectivity index (χ0n) is 12.1. The van der Waals surface area contributed by atoms with E-state index in [1.54, 1.807) is 7.11 Å². The maximum atomic E-state index is 6.16. The molecule has 0 amide bonds. The van der Waals surface area contributed by atoms with Gasteiger partial charge in [-0.1, -0.05) is 6.07 Å². The molecular weight excluding hydrogens is 226 g/mol. The van der Waals surface area contributed by atoms with E-state index < -0.39 is 0 Å². The normalized spacial score (nSPS) is 12.6. The summed E-state index contributed by atoms with van der Waals surface area (Å²) >= 11 is 0. The molecule has 0 bridgehead atoms. The lowest BCUT2D eigenvalue weighted by atomic mass is 10.1. The summed E-state index contributed by atoms with van der Waals surface area (Å²) in [6.45, 7) is 6.27. The van der Waals surface area contributed by atoms with Crippen molar-refractivity contribution < 1.29 is 4.74 Å². The first kappa shape index (κ1) is 14.6. The highest BCUT2D eigenvalue weighted by atomic mass is 16.5. The van der Waals surface area contributed by atoms with Crippen molar-refractivity contribution in [2.75, 3.05) is 44.9 Å². The molecule has 0 radical (unpaired) electrons. The fourth-order valence-electron chi connectivity index (χ4n) is 2.31. The average Bonchev–Trinajstić information content (AvgIpc) is 2.31. The molecule has 0 saturated heterocycles. The second-order valence-electron chi connectivity index (χ2n) is 4.79. The molecule has 0 aliphatic carbocycles. The van der Waals surface area contributed by atoms with Crippen LogP contribution in [0.2, 0.25) is 0 Å². The molecule has 0 fully saturated rings. The summed E-state index contributed by atoms with van der Waals surface area (Å²) in [5.41, 5.74) is 7.92. The topological polar surface area (TPSA) is 41.7 Å². The van der Waals surface area contributed by atoms with Crippen molar-refractivity contribution in [3.63, 3.8) is 0 Å². The van der Waals surface area contributed by atoms with Gasteiger partial charge in [0.25, 0.3) is 0 Å². The third-order valence-corrected chi connectivity index (χ3v) is 3.07. The molecule has 102 valence electrons. The van der Waals surface area contributed by atoms with Crippen LogP contribution in [0, 0.1) is 0 Å². The first-order valence-corrected chi connectivity index (χ1v) is 6.35. The molecule has 0 saturated carbocycles. The summed E-state index contributed by atoms with van der Waals surface area (Å²) in [5, 5.41) is 0. The maximum absolute atomic E-state index is 6.16. The Hall–Kier alpha value is -1.42. The second-order valence-corrected chi connectivity index (χ2v) is 4.79. The molecule has 1 aromatic carbocycles. The Kier molecular flexibility index (Phi) is 5.28.